The zero-order valence-electron chi connectivity index (χ0n) is 11.5. The fraction of sp³-hybridized carbons (Fsp3) is 0.167. The Bertz CT molecular complexity index is 761. The Morgan fingerprint density at radius 1 is 1.05 bits per heavy atom. The van der Waals surface area contributed by atoms with Crippen molar-refractivity contribution in [3.8, 4) is 0 Å². The predicted octanol–water partition coefficient (Wildman–Crippen LogP) is 5.25. The number of aryl methyl sites for hydroxylation is 1. The van der Waals surface area contributed by atoms with Crippen molar-refractivity contribution in [3.05, 3.63) is 70.9 Å². The van der Waals surface area contributed by atoms with Crippen LogP contribution in [0.3, 0.4) is 0 Å². The van der Waals surface area contributed by atoms with Gasteiger partial charge in [-0.1, -0.05) is 36.4 Å². The van der Waals surface area contributed by atoms with E-state index in [4.69, 9.17) is 0 Å². The molecule has 0 amide bonds. The van der Waals surface area contributed by atoms with Crippen molar-refractivity contribution in [1.82, 2.24) is 0 Å². The molecule has 0 aliphatic carbocycles. The third-order valence-electron chi connectivity index (χ3n) is 3.47. The summed E-state index contributed by atoms with van der Waals surface area (Å²) in [5.74, 6) is -0.111. The summed E-state index contributed by atoms with van der Waals surface area (Å²) < 4.78 is 14.0. The number of hydrogen-bond acceptors (Lipinski definition) is 2. The van der Waals surface area contributed by atoms with Gasteiger partial charge in [-0.2, -0.15) is 0 Å². The van der Waals surface area contributed by atoms with E-state index < -0.39 is 0 Å². The molecule has 106 valence electrons. The standard InChI is InChI=1S/C18H15FOS/c19-15-10-9-14-11-18(21-17(14)12-15)16(20)8-4-7-13-5-2-1-3-6-13/h1-3,5-6,9-12H,4,7-8H2. The first kappa shape index (κ1) is 14.0. The van der Waals surface area contributed by atoms with Gasteiger partial charge >= 0.3 is 0 Å². The minimum atomic E-state index is -0.257. The molecular weight excluding hydrogens is 283 g/mol. The summed E-state index contributed by atoms with van der Waals surface area (Å²) in [4.78, 5) is 12.9. The van der Waals surface area contributed by atoms with Crippen molar-refractivity contribution in [3.63, 3.8) is 0 Å². The Kier molecular flexibility index (Phi) is 4.11. The van der Waals surface area contributed by atoms with Crippen molar-refractivity contribution in [2.45, 2.75) is 19.3 Å². The topological polar surface area (TPSA) is 17.1 Å². The fourth-order valence-corrected chi connectivity index (χ4v) is 3.42. The van der Waals surface area contributed by atoms with Crippen molar-refractivity contribution in [2.75, 3.05) is 0 Å². The van der Waals surface area contributed by atoms with E-state index in [1.54, 1.807) is 6.07 Å². The number of halogens is 1. The largest absolute Gasteiger partial charge is 0.293 e. The molecule has 0 saturated heterocycles. The van der Waals surface area contributed by atoms with Crippen molar-refractivity contribution in [2.24, 2.45) is 0 Å². The minimum absolute atomic E-state index is 0.146. The Morgan fingerprint density at radius 2 is 1.86 bits per heavy atom. The van der Waals surface area contributed by atoms with E-state index in [9.17, 15) is 9.18 Å². The Morgan fingerprint density at radius 3 is 2.67 bits per heavy atom. The van der Waals surface area contributed by atoms with Crippen LogP contribution < -0.4 is 0 Å². The highest BCUT2D eigenvalue weighted by molar-refractivity contribution is 7.20. The van der Waals surface area contributed by atoms with Crippen LogP contribution in [0.1, 0.15) is 28.1 Å². The van der Waals surface area contributed by atoms with Gasteiger partial charge in [-0.15, -0.1) is 11.3 Å². The number of rotatable bonds is 5. The highest BCUT2D eigenvalue weighted by atomic mass is 32.1. The number of carbonyl (C=O) groups is 1. The first-order valence-corrected chi connectivity index (χ1v) is 7.80. The van der Waals surface area contributed by atoms with Gasteiger partial charge in [-0.05, 0) is 42.0 Å². The lowest BCUT2D eigenvalue weighted by Gasteiger charge is -2.00. The first-order chi connectivity index (χ1) is 10.2. The maximum atomic E-state index is 13.2. The van der Waals surface area contributed by atoms with E-state index in [2.05, 4.69) is 12.1 Å². The molecule has 0 unspecified atom stereocenters. The number of benzene rings is 2. The summed E-state index contributed by atoms with van der Waals surface area (Å²) in [7, 11) is 0. The molecule has 3 heteroatoms. The van der Waals surface area contributed by atoms with Crippen LogP contribution in [-0.2, 0) is 6.42 Å². The lowest BCUT2D eigenvalue weighted by molar-refractivity contribution is 0.0984. The molecule has 0 aliphatic rings. The van der Waals surface area contributed by atoms with Crippen LogP contribution in [0.5, 0.6) is 0 Å². The maximum Gasteiger partial charge on any atom is 0.172 e. The zero-order valence-corrected chi connectivity index (χ0v) is 12.3. The zero-order chi connectivity index (χ0) is 14.7. The van der Waals surface area contributed by atoms with Crippen molar-refractivity contribution >= 4 is 27.2 Å². The molecule has 3 aromatic rings. The van der Waals surface area contributed by atoms with Crippen LogP contribution in [-0.4, -0.2) is 5.78 Å². The molecule has 0 bridgehead atoms. The molecule has 1 heterocycles. The third-order valence-corrected chi connectivity index (χ3v) is 4.61. The summed E-state index contributed by atoms with van der Waals surface area (Å²) >= 11 is 1.38. The number of hydrogen-bond donors (Lipinski definition) is 0. The minimum Gasteiger partial charge on any atom is -0.293 e. The summed E-state index contributed by atoms with van der Waals surface area (Å²) in [6.07, 6.45) is 2.28. The van der Waals surface area contributed by atoms with E-state index in [1.165, 1.54) is 29.0 Å². The van der Waals surface area contributed by atoms with Gasteiger partial charge in [0, 0.05) is 11.1 Å². The highest BCUT2D eigenvalue weighted by Crippen LogP contribution is 2.27. The van der Waals surface area contributed by atoms with Gasteiger partial charge < -0.3 is 0 Å². The molecule has 21 heavy (non-hydrogen) atoms. The van der Waals surface area contributed by atoms with E-state index >= 15 is 0 Å². The molecule has 0 aliphatic heterocycles. The number of thiophene rings is 1. The number of ketones is 1. The van der Waals surface area contributed by atoms with E-state index in [0.717, 1.165) is 27.8 Å². The lowest BCUT2D eigenvalue weighted by atomic mass is 10.1. The fourth-order valence-electron chi connectivity index (χ4n) is 2.36. The van der Waals surface area contributed by atoms with Crippen LogP contribution in [0.15, 0.2) is 54.6 Å². The highest BCUT2D eigenvalue weighted by Gasteiger charge is 2.10. The van der Waals surface area contributed by atoms with Gasteiger partial charge in [-0.25, -0.2) is 4.39 Å². The molecule has 0 spiro atoms. The predicted molar refractivity (Wildman–Crippen MR) is 85.5 cm³/mol. The first-order valence-electron chi connectivity index (χ1n) is 6.98. The lowest BCUT2D eigenvalue weighted by Crippen LogP contribution is -1.97. The maximum absolute atomic E-state index is 13.2. The monoisotopic (exact) mass is 298 g/mol. The second-order valence-electron chi connectivity index (χ2n) is 5.06. The number of fused-ring (bicyclic) bond motifs is 1. The summed E-state index contributed by atoms with van der Waals surface area (Å²) in [5, 5.41) is 0.938. The summed E-state index contributed by atoms with van der Waals surface area (Å²) in [6, 6.07) is 16.7. The molecular formula is C18H15FOS. The van der Waals surface area contributed by atoms with Gasteiger partial charge in [0.1, 0.15) is 5.82 Å². The van der Waals surface area contributed by atoms with E-state index in [-0.39, 0.29) is 11.6 Å². The molecule has 1 nitrogen and oxygen atoms in total. The normalized spacial score (nSPS) is 10.9. The summed E-state index contributed by atoms with van der Waals surface area (Å²) in [6.45, 7) is 0. The molecule has 2 aromatic carbocycles. The Labute approximate surface area is 127 Å². The smallest absolute Gasteiger partial charge is 0.172 e. The second-order valence-corrected chi connectivity index (χ2v) is 6.14. The molecule has 0 fully saturated rings. The average Bonchev–Trinajstić information content (AvgIpc) is 2.91. The second kappa shape index (κ2) is 6.19. The van der Waals surface area contributed by atoms with Crippen LogP contribution in [0.4, 0.5) is 4.39 Å². The van der Waals surface area contributed by atoms with Crippen LogP contribution in [0.25, 0.3) is 10.1 Å². The van der Waals surface area contributed by atoms with Crippen LogP contribution in [0, 0.1) is 5.82 Å². The van der Waals surface area contributed by atoms with Crippen LogP contribution >= 0.6 is 11.3 Å². The van der Waals surface area contributed by atoms with Gasteiger partial charge in [0.05, 0.1) is 4.88 Å². The molecule has 0 atom stereocenters. The van der Waals surface area contributed by atoms with Gasteiger partial charge in [0.15, 0.2) is 5.78 Å². The van der Waals surface area contributed by atoms with Gasteiger partial charge in [0.25, 0.3) is 0 Å². The third kappa shape index (κ3) is 3.37. The quantitative estimate of drug-likeness (QED) is 0.588. The number of Topliss-reactive ketones (excluding diaryl/α,β-unsaturated/α-hetero) is 1. The number of carbonyl (C=O) groups excluding carboxylic acids is 1. The van der Waals surface area contributed by atoms with Crippen molar-refractivity contribution in [1.29, 1.82) is 0 Å². The van der Waals surface area contributed by atoms with E-state index in [1.807, 2.05) is 24.3 Å². The summed E-state index contributed by atoms with van der Waals surface area (Å²) in [5.41, 5.74) is 1.25. The van der Waals surface area contributed by atoms with Gasteiger partial charge in [-0.3, -0.25) is 4.79 Å². The van der Waals surface area contributed by atoms with Crippen LogP contribution in [0.2, 0.25) is 0 Å². The van der Waals surface area contributed by atoms with E-state index in [0.29, 0.717) is 6.42 Å². The molecule has 0 saturated carbocycles. The average molecular weight is 298 g/mol. The van der Waals surface area contributed by atoms with Gasteiger partial charge in [0.2, 0.25) is 0 Å². The Balaban J connectivity index is 1.64. The Hall–Kier alpha value is -2.00. The molecule has 0 N–H and O–H groups in total. The molecule has 0 radical (unpaired) electrons. The SMILES string of the molecule is O=C(CCCc1ccccc1)c1cc2ccc(F)cc2s1. The van der Waals surface area contributed by atoms with Crippen molar-refractivity contribution < 1.29 is 9.18 Å². The molecule has 3 rings (SSSR count). The molecule has 1 aromatic heterocycles.